The van der Waals surface area contributed by atoms with Crippen molar-refractivity contribution in [1.29, 1.82) is 0 Å². The standard InChI is InChI=1S/C13H15N5O/c1-8(13-16-9(2)17-19-13)15-11-5-4-6-12-10(11)7-14-18(12)3/h4-8,15H,1-3H3. The number of hydrogen-bond donors (Lipinski definition) is 1. The summed E-state index contributed by atoms with van der Waals surface area (Å²) in [6.45, 7) is 3.80. The zero-order chi connectivity index (χ0) is 13.4. The summed E-state index contributed by atoms with van der Waals surface area (Å²) >= 11 is 0. The van der Waals surface area contributed by atoms with Crippen molar-refractivity contribution in [3.8, 4) is 0 Å². The van der Waals surface area contributed by atoms with Gasteiger partial charge in [0.05, 0.1) is 11.7 Å². The molecular formula is C13H15N5O. The number of nitrogens with one attached hydrogen (secondary N) is 1. The molecule has 0 aliphatic heterocycles. The number of fused-ring (bicyclic) bond motifs is 1. The fourth-order valence-electron chi connectivity index (χ4n) is 2.09. The highest BCUT2D eigenvalue weighted by Gasteiger charge is 2.14. The molecule has 0 saturated carbocycles. The maximum absolute atomic E-state index is 5.17. The summed E-state index contributed by atoms with van der Waals surface area (Å²) in [5.41, 5.74) is 2.09. The first-order valence-corrected chi connectivity index (χ1v) is 6.12. The molecule has 1 N–H and O–H groups in total. The Balaban J connectivity index is 1.93. The Morgan fingerprint density at radius 3 is 2.95 bits per heavy atom. The van der Waals surface area contributed by atoms with Crippen molar-refractivity contribution in [2.45, 2.75) is 19.9 Å². The quantitative estimate of drug-likeness (QED) is 0.780. The van der Waals surface area contributed by atoms with Crippen LogP contribution < -0.4 is 5.32 Å². The Hall–Kier alpha value is -2.37. The summed E-state index contributed by atoms with van der Waals surface area (Å²) in [5, 5.41) is 12.5. The highest BCUT2D eigenvalue weighted by molar-refractivity contribution is 5.91. The van der Waals surface area contributed by atoms with E-state index >= 15 is 0 Å². The predicted molar refractivity (Wildman–Crippen MR) is 71.8 cm³/mol. The first kappa shape index (κ1) is 11.7. The zero-order valence-corrected chi connectivity index (χ0v) is 11.1. The minimum Gasteiger partial charge on any atom is -0.373 e. The Labute approximate surface area is 110 Å². The van der Waals surface area contributed by atoms with Crippen LogP contribution in [0.2, 0.25) is 0 Å². The van der Waals surface area contributed by atoms with E-state index in [-0.39, 0.29) is 6.04 Å². The first-order chi connectivity index (χ1) is 9.15. The van der Waals surface area contributed by atoms with Gasteiger partial charge in [-0.15, -0.1) is 0 Å². The van der Waals surface area contributed by atoms with Crippen molar-refractivity contribution in [3.05, 3.63) is 36.1 Å². The van der Waals surface area contributed by atoms with E-state index in [9.17, 15) is 0 Å². The summed E-state index contributed by atoms with van der Waals surface area (Å²) in [7, 11) is 1.93. The van der Waals surface area contributed by atoms with Crippen molar-refractivity contribution >= 4 is 16.6 Å². The van der Waals surface area contributed by atoms with E-state index in [1.54, 1.807) is 0 Å². The number of benzene rings is 1. The van der Waals surface area contributed by atoms with Crippen LogP contribution in [0.25, 0.3) is 10.9 Å². The molecule has 2 heterocycles. The summed E-state index contributed by atoms with van der Waals surface area (Å²) in [6.07, 6.45) is 1.85. The second kappa shape index (κ2) is 4.38. The molecular weight excluding hydrogens is 242 g/mol. The van der Waals surface area contributed by atoms with Gasteiger partial charge in [0.2, 0.25) is 5.89 Å². The highest BCUT2D eigenvalue weighted by Crippen LogP contribution is 2.26. The van der Waals surface area contributed by atoms with Crippen molar-refractivity contribution in [2.75, 3.05) is 5.32 Å². The summed E-state index contributed by atoms with van der Waals surface area (Å²) in [5.74, 6) is 1.22. The normalized spacial score (nSPS) is 12.8. The largest absolute Gasteiger partial charge is 0.373 e. The van der Waals surface area contributed by atoms with Crippen LogP contribution in [-0.2, 0) is 7.05 Å². The lowest BCUT2D eigenvalue weighted by atomic mass is 10.2. The van der Waals surface area contributed by atoms with Crippen LogP contribution in [0.3, 0.4) is 0 Å². The summed E-state index contributed by atoms with van der Waals surface area (Å²) < 4.78 is 7.02. The average molecular weight is 257 g/mol. The molecule has 1 atom stereocenters. The van der Waals surface area contributed by atoms with E-state index < -0.39 is 0 Å². The van der Waals surface area contributed by atoms with Crippen LogP contribution >= 0.6 is 0 Å². The molecule has 19 heavy (non-hydrogen) atoms. The summed E-state index contributed by atoms with van der Waals surface area (Å²) in [6, 6.07) is 6.00. The molecule has 2 aromatic heterocycles. The van der Waals surface area contributed by atoms with E-state index in [0.29, 0.717) is 11.7 Å². The number of aromatic nitrogens is 4. The molecule has 1 unspecified atom stereocenters. The van der Waals surface area contributed by atoms with E-state index in [4.69, 9.17) is 4.52 Å². The molecule has 6 nitrogen and oxygen atoms in total. The molecule has 0 spiro atoms. The molecule has 98 valence electrons. The van der Waals surface area contributed by atoms with Crippen LogP contribution in [0.15, 0.2) is 28.9 Å². The first-order valence-electron chi connectivity index (χ1n) is 6.12. The zero-order valence-electron chi connectivity index (χ0n) is 11.1. The lowest BCUT2D eigenvalue weighted by molar-refractivity contribution is 0.364. The molecule has 0 fully saturated rings. The van der Waals surface area contributed by atoms with Gasteiger partial charge >= 0.3 is 0 Å². The Kier molecular flexibility index (Phi) is 2.70. The molecule has 3 rings (SSSR count). The molecule has 0 amide bonds. The predicted octanol–water partition coefficient (Wildman–Crippen LogP) is 2.44. The monoisotopic (exact) mass is 257 g/mol. The van der Waals surface area contributed by atoms with Crippen molar-refractivity contribution in [3.63, 3.8) is 0 Å². The van der Waals surface area contributed by atoms with Gasteiger partial charge in [0.15, 0.2) is 5.82 Å². The lowest BCUT2D eigenvalue weighted by Crippen LogP contribution is -2.07. The van der Waals surface area contributed by atoms with E-state index in [0.717, 1.165) is 16.6 Å². The number of aryl methyl sites for hydroxylation is 2. The van der Waals surface area contributed by atoms with Gasteiger partial charge in [-0.3, -0.25) is 4.68 Å². The number of rotatable bonds is 3. The van der Waals surface area contributed by atoms with Crippen LogP contribution in [-0.4, -0.2) is 19.9 Å². The topological polar surface area (TPSA) is 68.8 Å². The van der Waals surface area contributed by atoms with Gasteiger partial charge in [-0.05, 0) is 26.0 Å². The second-order valence-corrected chi connectivity index (χ2v) is 4.55. The Morgan fingerprint density at radius 2 is 2.21 bits per heavy atom. The van der Waals surface area contributed by atoms with E-state index in [1.807, 2.05) is 50.0 Å². The van der Waals surface area contributed by atoms with Gasteiger partial charge < -0.3 is 9.84 Å². The van der Waals surface area contributed by atoms with Crippen molar-refractivity contribution < 1.29 is 4.52 Å². The fraction of sp³-hybridized carbons (Fsp3) is 0.308. The molecule has 0 aliphatic rings. The van der Waals surface area contributed by atoms with Crippen LogP contribution in [0, 0.1) is 6.92 Å². The van der Waals surface area contributed by atoms with Crippen LogP contribution in [0.4, 0.5) is 5.69 Å². The SMILES string of the molecule is Cc1noc(C(C)Nc2cccc3c2cnn3C)n1. The third-order valence-corrected chi connectivity index (χ3v) is 3.08. The number of hydrogen-bond acceptors (Lipinski definition) is 5. The fourth-order valence-corrected chi connectivity index (χ4v) is 2.09. The molecule has 0 radical (unpaired) electrons. The van der Waals surface area contributed by atoms with Crippen LogP contribution in [0.1, 0.15) is 24.7 Å². The Bertz CT molecular complexity index is 715. The van der Waals surface area contributed by atoms with Gasteiger partial charge in [0.25, 0.3) is 0 Å². The van der Waals surface area contributed by atoms with Gasteiger partial charge in [-0.2, -0.15) is 10.1 Å². The summed E-state index contributed by atoms with van der Waals surface area (Å²) in [4.78, 5) is 4.23. The molecule has 0 aliphatic carbocycles. The maximum atomic E-state index is 5.17. The Morgan fingerprint density at radius 1 is 1.37 bits per heavy atom. The third-order valence-electron chi connectivity index (χ3n) is 3.08. The smallest absolute Gasteiger partial charge is 0.248 e. The van der Waals surface area contributed by atoms with Gasteiger partial charge in [-0.25, -0.2) is 0 Å². The molecule has 6 heteroatoms. The lowest BCUT2D eigenvalue weighted by Gasteiger charge is -2.12. The minimum atomic E-state index is -0.0491. The number of nitrogens with zero attached hydrogens (tertiary/aromatic N) is 4. The van der Waals surface area contributed by atoms with Crippen LogP contribution in [0.5, 0.6) is 0 Å². The molecule has 0 bridgehead atoms. The van der Waals surface area contributed by atoms with Crippen molar-refractivity contribution in [1.82, 2.24) is 19.9 Å². The molecule has 1 aromatic carbocycles. The van der Waals surface area contributed by atoms with E-state index in [1.165, 1.54) is 0 Å². The second-order valence-electron chi connectivity index (χ2n) is 4.55. The van der Waals surface area contributed by atoms with Gasteiger partial charge in [0.1, 0.15) is 6.04 Å². The van der Waals surface area contributed by atoms with Crippen molar-refractivity contribution in [2.24, 2.45) is 7.05 Å². The average Bonchev–Trinajstić information content (AvgIpc) is 2.98. The van der Waals surface area contributed by atoms with Gasteiger partial charge in [-0.1, -0.05) is 11.2 Å². The van der Waals surface area contributed by atoms with E-state index in [2.05, 4.69) is 20.6 Å². The maximum Gasteiger partial charge on any atom is 0.248 e. The number of anilines is 1. The minimum absolute atomic E-state index is 0.0491. The molecule has 0 saturated heterocycles. The highest BCUT2D eigenvalue weighted by atomic mass is 16.5. The third kappa shape index (κ3) is 2.05. The molecule has 3 aromatic rings. The van der Waals surface area contributed by atoms with Gasteiger partial charge in [0, 0.05) is 18.1 Å².